The largest absolute Gasteiger partial charge is 0.396 e. The van der Waals surface area contributed by atoms with E-state index in [0.29, 0.717) is 18.7 Å². The number of amides is 1. The maximum Gasteiger partial charge on any atom is 0.267 e. The summed E-state index contributed by atoms with van der Waals surface area (Å²) in [4.78, 5) is 12.2. The summed E-state index contributed by atoms with van der Waals surface area (Å²) in [5.74, 6) is -0.0691. The molecule has 0 fully saturated rings. The van der Waals surface area contributed by atoms with Crippen LogP contribution in [0.15, 0.2) is 31.0 Å². The molecule has 5 heteroatoms. The van der Waals surface area contributed by atoms with Crippen LogP contribution in [0.2, 0.25) is 18.1 Å². The van der Waals surface area contributed by atoms with Crippen molar-refractivity contribution in [2.75, 3.05) is 6.54 Å². The normalized spacial score (nSPS) is 13.7. The zero-order chi connectivity index (χ0) is 17.0. The Bertz CT molecular complexity index is 515. The SMILES string of the molecule is C=CC[C@H](O[Si](C)(C)C(C)(C)C)n1cccc1C(=O)NCC. The third-order valence-electron chi connectivity index (χ3n) is 4.26. The molecular formula is C17H30N2O2Si. The quantitative estimate of drug-likeness (QED) is 0.599. The molecule has 1 N–H and O–H groups in total. The zero-order valence-electron chi connectivity index (χ0n) is 14.8. The fourth-order valence-corrected chi connectivity index (χ4v) is 3.21. The number of carbonyl (C=O) groups excluding carboxylic acids is 1. The van der Waals surface area contributed by atoms with E-state index >= 15 is 0 Å². The molecule has 22 heavy (non-hydrogen) atoms. The maximum absolute atomic E-state index is 12.2. The van der Waals surface area contributed by atoms with E-state index in [-0.39, 0.29) is 17.2 Å². The minimum absolute atomic E-state index is 0.0691. The molecule has 0 aliphatic rings. The van der Waals surface area contributed by atoms with Gasteiger partial charge in [0.2, 0.25) is 0 Å². The molecule has 0 spiro atoms. The molecule has 0 unspecified atom stereocenters. The van der Waals surface area contributed by atoms with Crippen LogP contribution in [0.3, 0.4) is 0 Å². The first kappa shape index (κ1) is 18.7. The number of rotatable bonds is 7. The Balaban J connectivity index is 3.10. The van der Waals surface area contributed by atoms with Crippen molar-refractivity contribution >= 4 is 14.2 Å². The van der Waals surface area contributed by atoms with Gasteiger partial charge in [-0.3, -0.25) is 4.79 Å². The Hall–Kier alpha value is -1.33. The van der Waals surface area contributed by atoms with E-state index in [4.69, 9.17) is 4.43 Å². The molecule has 0 saturated carbocycles. The van der Waals surface area contributed by atoms with Gasteiger partial charge in [-0.05, 0) is 37.2 Å². The zero-order valence-corrected chi connectivity index (χ0v) is 15.8. The average Bonchev–Trinajstić information content (AvgIpc) is 2.86. The lowest BCUT2D eigenvalue weighted by atomic mass is 10.2. The lowest BCUT2D eigenvalue weighted by Gasteiger charge is -2.39. The number of carbonyl (C=O) groups is 1. The lowest BCUT2D eigenvalue weighted by molar-refractivity contribution is 0.0885. The molecule has 1 aromatic rings. The first-order chi connectivity index (χ1) is 10.1. The van der Waals surface area contributed by atoms with Gasteiger partial charge in [0.15, 0.2) is 8.32 Å². The van der Waals surface area contributed by atoms with Crippen LogP contribution in [0.5, 0.6) is 0 Å². The molecule has 1 rings (SSSR count). The number of nitrogens with zero attached hydrogens (tertiary/aromatic N) is 1. The molecule has 1 amide bonds. The summed E-state index contributed by atoms with van der Waals surface area (Å²) in [6.45, 7) is 17.4. The predicted molar refractivity (Wildman–Crippen MR) is 94.6 cm³/mol. The summed E-state index contributed by atoms with van der Waals surface area (Å²) in [5.41, 5.74) is 0.632. The molecule has 124 valence electrons. The Labute approximate surface area is 135 Å². The smallest absolute Gasteiger partial charge is 0.267 e. The van der Waals surface area contributed by atoms with E-state index in [1.165, 1.54) is 0 Å². The van der Waals surface area contributed by atoms with Crippen molar-refractivity contribution in [3.05, 3.63) is 36.7 Å². The standard InChI is InChI=1S/C17H30N2O2Si/c1-8-11-15(21-22(6,7)17(3,4)5)19-13-10-12-14(19)16(20)18-9-2/h8,10,12-13,15H,1,9,11H2,2-7H3,(H,18,20)/t15-/m0/s1. The van der Waals surface area contributed by atoms with Crippen molar-refractivity contribution in [3.8, 4) is 0 Å². The summed E-state index contributed by atoms with van der Waals surface area (Å²) in [6, 6.07) is 3.71. The second-order valence-corrected chi connectivity index (χ2v) is 11.8. The van der Waals surface area contributed by atoms with Crippen LogP contribution < -0.4 is 5.32 Å². The molecule has 0 aliphatic carbocycles. The molecule has 0 saturated heterocycles. The van der Waals surface area contributed by atoms with Crippen molar-refractivity contribution in [1.82, 2.24) is 9.88 Å². The fourth-order valence-electron chi connectivity index (χ4n) is 1.97. The van der Waals surface area contributed by atoms with Gasteiger partial charge in [-0.1, -0.05) is 26.8 Å². The van der Waals surface area contributed by atoms with E-state index in [9.17, 15) is 4.79 Å². The fraction of sp³-hybridized carbons (Fsp3) is 0.588. The first-order valence-corrected chi connectivity index (χ1v) is 10.8. The van der Waals surface area contributed by atoms with E-state index < -0.39 is 8.32 Å². The van der Waals surface area contributed by atoms with Crippen LogP contribution in [0.4, 0.5) is 0 Å². The van der Waals surface area contributed by atoms with Crippen molar-refractivity contribution in [2.24, 2.45) is 0 Å². The van der Waals surface area contributed by atoms with Crippen LogP contribution in [-0.4, -0.2) is 25.3 Å². The van der Waals surface area contributed by atoms with E-state index in [0.717, 1.165) is 0 Å². The number of hydrogen-bond acceptors (Lipinski definition) is 2. The monoisotopic (exact) mass is 322 g/mol. The highest BCUT2D eigenvalue weighted by Gasteiger charge is 2.39. The molecule has 0 radical (unpaired) electrons. The van der Waals surface area contributed by atoms with Gasteiger partial charge < -0.3 is 14.3 Å². The van der Waals surface area contributed by atoms with Crippen LogP contribution >= 0.6 is 0 Å². The summed E-state index contributed by atoms with van der Waals surface area (Å²) in [5, 5.41) is 2.97. The molecule has 0 aromatic carbocycles. The Morgan fingerprint density at radius 1 is 1.50 bits per heavy atom. The topological polar surface area (TPSA) is 43.3 Å². The highest BCUT2D eigenvalue weighted by molar-refractivity contribution is 6.74. The number of hydrogen-bond donors (Lipinski definition) is 1. The molecule has 1 heterocycles. The summed E-state index contributed by atoms with van der Waals surface area (Å²) in [6.07, 6.45) is 4.24. The summed E-state index contributed by atoms with van der Waals surface area (Å²) >= 11 is 0. The highest BCUT2D eigenvalue weighted by Crippen LogP contribution is 2.39. The van der Waals surface area contributed by atoms with Crippen molar-refractivity contribution < 1.29 is 9.22 Å². The average molecular weight is 323 g/mol. The third-order valence-corrected chi connectivity index (χ3v) is 8.74. The summed E-state index contributed by atoms with van der Waals surface area (Å²) < 4.78 is 8.43. The Morgan fingerprint density at radius 2 is 2.14 bits per heavy atom. The minimum atomic E-state index is -1.94. The van der Waals surface area contributed by atoms with Crippen LogP contribution in [0, 0.1) is 0 Å². The second-order valence-electron chi connectivity index (χ2n) is 7.02. The van der Waals surface area contributed by atoms with Crippen LogP contribution in [0.1, 0.15) is 50.8 Å². The van der Waals surface area contributed by atoms with Crippen LogP contribution in [-0.2, 0) is 4.43 Å². The predicted octanol–water partition coefficient (Wildman–Crippen LogP) is 4.33. The van der Waals surface area contributed by atoms with Gasteiger partial charge >= 0.3 is 0 Å². The molecular weight excluding hydrogens is 292 g/mol. The van der Waals surface area contributed by atoms with E-state index in [1.807, 2.05) is 35.9 Å². The minimum Gasteiger partial charge on any atom is -0.396 e. The molecule has 1 atom stereocenters. The van der Waals surface area contributed by atoms with Gasteiger partial charge in [0.05, 0.1) is 0 Å². The van der Waals surface area contributed by atoms with Crippen molar-refractivity contribution in [1.29, 1.82) is 0 Å². The van der Waals surface area contributed by atoms with Gasteiger partial charge in [0.25, 0.3) is 5.91 Å². The summed E-state index contributed by atoms with van der Waals surface area (Å²) in [7, 11) is -1.94. The van der Waals surface area contributed by atoms with Gasteiger partial charge in [0.1, 0.15) is 11.9 Å². The van der Waals surface area contributed by atoms with Crippen molar-refractivity contribution in [3.63, 3.8) is 0 Å². The van der Waals surface area contributed by atoms with E-state index in [1.54, 1.807) is 0 Å². The molecule has 0 aliphatic heterocycles. The highest BCUT2D eigenvalue weighted by atomic mass is 28.4. The Morgan fingerprint density at radius 3 is 2.64 bits per heavy atom. The van der Waals surface area contributed by atoms with Crippen molar-refractivity contribution in [2.45, 2.75) is 58.5 Å². The lowest BCUT2D eigenvalue weighted by Crippen LogP contribution is -2.43. The number of nitrogens with one attached hydrogen (secondary N) is 1. The van der Waals surface area contributed by atoms with Crippen LogP contribution in [0.25, 0.3) is 0 Å². The second kappa shape index (κ2) is 7.29. The van der Waals surface area contributed by atoms with Gasteiger partial charge in [-0.15, -0.1) is 6.58 Å². The third kappa shape index (κ3) is 4.33. The maximum atomic E-state index is 12.2. The van der Waals surface area contributed by atoms with Gasteiger partial charge in [-0.25, -0.2) is 0 Å². The van der Waals surface area contributed by atoms with Gasteiger partial charge in [0, 0.05) is 19.2 Å². The molecule has 4 nitrogen and oxygen atoms in total. The van der Waals surface area contributed by atoms with Gasteiger partial charge in [-0.2, -0.15) is 0 Å². The Kier molecular flexibility index (Phi) is 6.20. The molecule has 0 bridgehead atoms. The molecule has 1 aromatic heterocycles. The number of aromatic nitrogens is 1. The van der Waals surface area contributed by atoms with E-state index in [2.05, 4.69) is 45.8 Å². The first-order valence-electron chi connectivity index (χ1n) is 7.87.